The van der Waals surface area contributed by atoms with Crippen LogP contribution in [0.2, 0.25) is 0 Å². The van der Waals surface area contributed by atoms with Crippen LogP contribution in [0.5, 0.6) is 0 Å². The Balaban J connectivity index is 1.47. The molecule has 0 bridgehead atoms. The van der Waals surface area contributed by atoms with Gasteiger partial charge < -0.3 is 9.42 Å². The molecule has 1 amide bonds. The van der Waals surface area contributed by atoms with E-state index in [4.69, 9.17) is 4.52 Å². The second-order valence-corrected chi connectivity index (χ2v) is 8.22. The van der Waals surface area contributed by atoms with Gasteiger partial charge in [0.1, 0.15) is 17.1 Å². The number of amides is 1. The number of aryl methyl sites for hydroxylation is 2. The minimum atomic E-state index is -0.192. The summed E-state index contributed by atoms with van der Waals surface area (Å²) in [5, 5.41) is 3.93. The van der Waals surface area contributed by atoms with Crippen molar-refractivity contribution in [3.05, 3.63) is 52.7 Å². The zero-order valence-corrected chi connectivity index (χ0v) is 16.7. The number of carbonyl (C=O) groups is 1. The summed E-state index contributed by atoms with van der Waals surface area (Å²) in [4.78, 5) is 17.6. The number of aromatic nitrogens is 1. The van der Waals surface area contributed by atoms with Gasteiger partial charge in [-0.25, -0.2) is 4.39 Å². The van der Waals surface area contributed by atoms with Gasteiger partial charge in [-0.05, 0) is 70.2 Å². The Labute approximate surface area is 165 Å². The van der Waals surface area contributed by atoms with Crippen LogP contribution in [-0.2, 0) is 6.54 Å². The molecule has 2 saturated heterocycles. The lowest BCUT2D eigenvalue weighted by Crippen LogP contribution is -2.44. The van der Waals surface area contributed by atoms with E-state index in [9.17, 15) is 9.18 Å². The number of likely N-dealkylation sites (tertiary alicyclic amines) is 2. The summed E-state index contributed by atoms with van der Waals surface area (Å²) in [7, 11) is 0. The molecular formula is C22H28FN3O2. The summed E-state index contributed by atoms with van der Waals surface area (Å²) < 4.78 is 18.4. The minimum Gasteiger partial charge on any atom is -0.361 e. The lowest BCUT2D eigenvalue weighted by molar-refractivity contribution is 0.0736. The van der Waals surface area contributed by atoms with E-state index in [1.54, 1.807) is 6.92 Å². The first-order valence-corrected chi connectivity index (χ1v) is 10.2. The molecule has 0 aliphatic carbocycles. The van der Waals surface area contributed by atoms with Crippen molar-refractivity contribution >= 4 is 5.91 Å². The fraction of sp³-hybridized carbons (Fsp3) is 0.545. The highest BCUT2D eigenvalue weighted by Gasteiger charge is 2.42. The quantitative estimate of drug-likeness (QED) is 0.798. The van der Waals surface area contributed by atoms with Gasteiger partial charge in [-0.1, -0.05) is 17.3 Å². The maximum atomic E-state index is 13.2. The summed E-state index contributed by atoms with van der Waals surface area (Å²) in [5.41, 5.74) is 2.57. The van der Waals surface area contributed by atoms with Crippen LogP contribution >= 0.6 is 0 Å². The molecule has 0 unspecified atom stereocenters. The summed E-state index contributed by atoms with van der Waals surface area (Å²) in [5.74, 6) is 0.444. The van der Waals surface area contributed by atoms with Crippen LogP contribution < -0.4 is 0 Å². The molecule has 0 N–H and O–H groups in total. The third kappa shape index (κ3) is 3.58. The van der Waals surface area contributed by atoms with E-state index >= 15 is 0 Å². The molecule has 1 aromatic heterocycles. The summed E-state index contributed by atoms with van der Waals surface area (Å²) >= 11 is 0. The Morgan fingerprint density at radius 1 is 1.11 bits per heavy atom. The van der Waals surface area contributed by atoms with Crippen molar-refractivity contribution in [2.45, 2.75) is 58.0 Å². The van der Waals surface area contributed by atoms with Crippen molar-refractivity contribution in [2.24, 2.45) is 0 Å². The largest absolute Gasteiger partial charge is 0.361 e. The standard InChI is InChI=1S/C22H28FN3O2/c1-16-20(17(2)28-24-16)21(27)25-12-3-9-22(11-14-25)10-4-13-26(22)15-18-5-7-19(23)8-6-18/h5-8H,3-4,9-15H2,1-2H3/t22-/m1/s1. The van der Waals surface area contributed by atoms with Crippen LogP contribution in [0, 0.1) is 19.7 Å². The fourth-order valence-electron chi connectivity index (χ4n) is 4.95. The monoisotopic (exact) mass is 385 g/mol. The molecule has 2 aliphatic heterocycles. The number of halogens is 1. The molecule has 5 nitrogen and oxygen atoms in total. The lowest BCUT2D eigenvalue weighted by Gasteiger charge is -2.38. The number of hydrogen-bond acceptors (Lipinski definition) is 4. The van der Waals surface area contributed by atoms with Gasteiger partial charge in [0.2, 0.25) is 0 Å². The van der Waals surface area contributed by atoms with E-state index in [1.807, 2.05) is 24.0 Å². The molecule has 1 atom stereocenters. The van der Waals surface area contributed by atoms with E-state index < -0.39 is 0 Å². The lowest BCUT2D eigenvalue weighted by atomic mass is 9.87. The van der Waals surface area contributed by atoms with Gasteiger partial charge in [0.25, 0.3) is 5.91 Å². The molecule has 6 heteroatoms. The Morgan fingerprint density at radius 3 is 2.50 bits per heavy atom. The number of nitrogens with zero attached hydrogens (tertiary/aromatic N) is 3. The zero-order valence-electron chi connectivity index (χ0n) is 16.7. The Hall–Kier alpha value is -2.21. The summed E-state index contributed by atoms with van der Waals surface area (Å²) in [6.07, 6.45) is 5.42. The highest BCUT2D eigenvalue weighted by atomic mass is 19.1. The first-order chi connectivity index (χ1) is 13.5. The molecule has 3 heterocycles. The fourth-order valence-corrected chi connectivity index (χ4v) is 4.95. The van der Waals surface area contributed by atoms with Crippen molar-refractivity contribution < 1.29 is 13.7 Å². The van der Waals surface area contributed by atoms with Crippen LogP contribution in [0.15, 0.2) is 28.8 Å². The molecule has 0 radical (unpaired) electrons. The van der Waals surface area contributed by atoms with Crippen molar-refractivity contribution in [3.63, 3.8) is 0 Å². The maximum absolute atomic E-state index is 13.2. The number of carbonyl (C=O) groups excluding carboxylic acids is 1. The summed E-state index contributed by atoms with van der Waals surface area (Å²) in [6.45, 7) is 7.06. The van der Waals surface area contributed by atoms with Gasteiger partial charge in [-0.2, -0.15) is 0 Å². The van der Waals surface area contributed by atoms with Gasteiger partial charge >= 0.3 is 0 Å². The molecule has 0 saturated carbocycles. The average Bonchev–Trinajstić information content (AvgIpc) is 3.13. The average molecular weight is 385 g/mol. The second kappa shape index (κ2) is 7.66. The van der Waals surface area contributed by atoms with E-state index in [0.717, 1.165) is 51.0 Å². The normalized spacial score (nSPS) is 23.3. The first-order valence-electron chi connectivity index (χ1n) is 10.2. The van der Waals surface area contributed by atoms with E-state index in [1.165, 1.54) is 25.0 Å². The smallest absolute Gasteiger partial charge is 0.259 e. The van der Waals surface area contributed by atoms with E-state index in [-0.39, 0.29) is 17.3 Å². The van der Waals surface area contributed by atoms with Gasteiger partial charge in [0, 0.05) is 25.2 Å². The number of rotatable bonds is 3. The highest BCUT2D eigenvalue weighted by Crippen LogP contribution is 2.39. The number of hydrogen-bond donors (Lipinski definition) is 0. The van der Waals surface area contributed by atoms with Gasteiger partial charge in [-0.15, -0.1) is 0 Å². The van der Waals surface area contributed by atoms with Crippen molar-refractivity contribution in [1.82, 2.24) is 15.0 Å². The van der Waals surface area contributed by atoms with Gasteiger partial charge in [0.15, 0.2) is 0 Å². The summed E-state index contributed by atoms with van der Waals surface area (Å²) in [6, 6.07) is 6.83. The van der Waals surface area contributed by atoms with Crippen LogP contribution in [0.25, 0.3) is 0 Å². The van der Waals surface area contributed by atoms with Gasteiger partial charge in [0.05, 0.1) is 5.69 Å². The van der Waals surface area contributed by atoms with E-state index in [0.29, 0.717) is 17.0 Å². The molecule has 4 rings (SSSR count). The van der Waals surface area contributed by atoms with Crippen LogP contribution in [0.4, 0.5) is 4.39 Å². The Kier molecular flexibility index (Phi) is 5.23. The predicted octanol–water partition coefficient (Wildman–Crippen LogP) is 4.09. The molecule has 2 aromatic rings. The molecule has 2 fully saturated rings. The molecular weight excluding hydrogens is 357 g/mol. The SMILES string of the molecule is Cc1noc(C)c1C(=O)N1CCC[C@@]2(CCCN2Cc2ccc(F)cc2)CC1. The van der Waals surface area contributed by atoms with Crippen LogP contribution in [-0.4, -0.2) is 46.0 Å². The van der Waals surface area contributed by atoms with Crippen LogP contribution in [0.3, 0.4) is 0 Å². The van der Waals surface area contributed by atoms with Crippen LogP contribution in [0.1, 0.15) is 59.5 Å². The predicted molar refractivity (Wildman–Crippen MR) is 105 cm³/mol. The minimum absolute atomic E-state index is 0.0383. The third-order valence-electron chi connectivity index (χ3n) is 6.48. The molecule has 2 aliphatic rings. The molecule has 28 heavy (non-hydrogen) atoms. The molecule has 150 valence electrons. The Morgan fingerprint density at radius 2 is 1.82 bits per heavy atom. The first kappa shape index (κ1) is 19.1. The van der Waals surface area contributed by atoms with Crippen molar-refractivity contribution in [1.29, 1.82) is 0 Å². The van der Waals surface area contributed by atoms with Gasteiger partial charge in [-0.3, -0.25) is 9.69 Å². The zero-order chi connectivity index (χ0) is 19.7. The number of benzene rings is 1. The molecule has 1 spiro atoms. The van der Waals surface area contributed by atoms with Crippen molar-refractivity contribution in [3.8, 4) is 0 Å². The maximum Gasteiger partial charge on any atom is 0.259 e. The third-order valence-corrected chi connectivity index (χ3v) is 6.48. The van der Waals surface area contributed by atoms with E-state index in [2.05, 4.69) is 10.1 Å². The topological polar surface area (TPSA) is 49.6 Å². The second-order valence-electron chi connectivity index (χ2n) is 8.22. The highest BCUT2D eigenvalue weighted by molar-refractivity contribution is 5.96. The molecule has 1 aromatic carbocycles. The Bertz CT molecular complexity index is 828. The van der Waals surface area contributed by atoms with Crippen molar-refractivity contribution in [2.75, 3.05) is 19.6 Å².